The van der Waals surface area contributed by atoms with E-state index in [-0.39, 0.29) is 11.9 Å². The molecule has 3 rings (SSSR count). The zero-order valence-corrected chi connectivity index (χ0v) is 16.1. The third-order valence-electron chi connectivity index (χ3n) is 4.13. The molecule has 0 fully saturated rings. The highest BCUT2D eigenvalue weighted by atomic mass is 32.1. The summed E-state index contributed by atoms with van der Waals surface area (Å²) in [7, 11) is 0. The molecule has 0 aliphatic carbocycles. The summed E-state index contributed by atoms with van der Waals surface area (Å²) in [5.41, 5.74) is 4.91. The summed E-state index contributed by atoms with van der Waals surface area (Å²) in [5, 5.41) is 8.86. The summed E-state index contributed by atoms with van der Waals surface area (Å²) in [6.07, 6.45) is 0.827. The van der Waals surface area contributed by atoms with E-state index in [0.717, 1.165) is 17.7 Å². The second-order valence-corrected chi connectivity index (χ2v) is 7.24. The maximum absolute atomic E-state index is 12.6. The van der Waals surface area contributed by atoms with Crippen LogP contribution >= 0.6 is 11.3 Å². The Morgan fingerprint density at radius 1 is 1.12 bits per heavy atom. The first-order chi connectivity index (χ1) is 12.5. The maximum Gasteiger partial charge on any atom is 0.271 e. The maximum atomic E-state index is 12.6. The van der Waals surface area contributed by atoms with Gasteiger partial charge in [0.05, 0.1) is 6.04 Å². The molecule has 1 unspecified atom stereocenters. The van der Waals surface area contributed by atoms with Gasteiger partial charge in [-0.25, -0.2) is 4.98 Å². The molecule has 134 valence electrons. The summed E-state index contributed by atoms with van der Waals surface area (Å²) >= 11 is 1.43. The smallest absolute Gasteiger partial charge is 0.271 e. The van der Waals surface area contributed by atoms with Crippen LogP contribution in [0, 0.1) is 13.8 Å². The minimum Gasteiger partial charge on any atom is -0.344 e. The number of anilines is 2. The standard InChI is InChI=1S/C21H23N3OS/c1-4-18(16-8-6-5-7-9-16)23-20(25)19-13-26-21(24-19)22-17-11-14(2)10-15(3)12-17/h5-13,18H,4H2,1-3H3,(H,22,24)(H,23,25). The van der Waals surface area contributed by atoms with E-state index in [1.54, 1.807) is 5.38 Å². The van der Waals surface area contributed by atoms with E-state index >= 15 is 0 Å². The van der Waals surface area contributed by atoms with E-state index in [4.69, 9.17) is 0 Å². The van der Waals surface area contributed by atoms with Crippen molar-refractivity contribution in [3.63, 3.8) is 0 Å². The van der Waals surface area contributed by atoms with Gasteiger partial charge in [-0.15, -0.1) is 11.3 Å². The van der Waals surface area contributed by atoms with Gasteiger partial charge in [0.2, 0.25) is 0 Å². The summed E-state index contributed by atoms with van der Waals surface area (Å²) < 4.78 is 0. The largest absolute Gasteiger partial charge is 0.344 e. The molecular weight excluding hydrogens is 342 g/mol. The van der Waals surface area contributed by atoms with E-state index in [1.807, 2.05) is 30.3 Å². The fourth-order valence-corrected chi connectivity index (χ4v) is 3.66. The van der Waals surface area contributed by atoms with Gasteiger partial charge in [-0.1, -0.05) is 43.3 Å². The average Bonchev–Trinajstić information content (AvgIpc) is 3.08. The third-order valence-corrected chi connectivity index (χ3v) is 4.88. The number of thiazole rings is 1. The van der Waals surface area contributed by atoms with Crippen LogP contribution in [0.1, 0.15) is 46.6 Å². The zero-order chi connectivity index (χ0) is 18.5. The molecule has 1 amide bonds. The first kappa shape index (κ1) is 18.1. The number of rotatable bonds is 6. The third kappa shape index (κ3) is 4.49. The number of nitrogens with one attached hydrogen (secondary N) is 2. The Kier molecular flexibility index (Phi) is 5.68. The molecule has 26 heavy (non-hydrogen) atoms. The Bertz CT molecular complexity index is 869. The molecule has 0 aliphatic heterocycles. The van der Waals surface area contributed by atoms with Crippen LogP contribution in [0.25, 0.3) is 0 Å². The quantitative estimate of drug-likeness (QED) is 0.616. The Hall–Kier alpha value is -2.66. The molecule has 1 aromatic heterocycles. The van der Waals surface area contributed by atoms with Crippen LogP contribution in [0.15, 0.2) is 53.9 Å². The first-order valence-electron chi connectivity index (χ1n) is 8.72. The number of hydrogen-bond acceptors (Lipinski definition) is 4. The minimum absolute atomic E-state index is 0.0127. The van der Waals surface area contributed by atoms with Gasteiger partial charge in [0.1, 0.15) is 5.69 Å². The topological polar surface area (TPSA) is 54.0 Å². The summed E-state index contributed by atoms with van der Waals surface area (Å²) in [4.78, 5) is 17.0. The number of carbonyl (C=O) groups is 1. The van der Waals surface area contributed by atoms with Gasteiger partial charge in [-0.2, -0.15) is 0 Å². The van der Waals surface area contributed by atoms with E-state index < -0.39 is 0 Å². The van der Waals surface area contributed by atoms with Crippen LogP contribution < -0.4 is 10.6 Å². The Morgan fingerprint density at radius 2 is 1.81 bits per heavy atom. The van der Waals surface area contributed by atoms with Crippen LogP contribution in [0.2, 0.25) is 0 Å². The van der Waals surface area contributed by atoms with Crippen molar-refractivity contribution in [2.24, 2.45) is 0 Å². The molecule has 5 heteroatoms. The number of benzene rings is 2. The number of aromatic nitrogens is 1. The van der Waals surface area contributed by atoms with Crippen LogP contribution in [0.5, 0.6) is 0 Å². The lowest BCUT2D eigenvalue weighted by Crippen LogP contribution is -2.28. The van der Waals surface area contributed by atoms with Gasteiger partial charge < -0.3 is 10.6 Å². The van der Waals surface area contributed by atoms with Gasteiger partial charge in [0.25, 0.3) is 5.91 Å². The monoisotopic (exact) mass is 365 g/mol. The van der Waals surface area contributed by atoms with Crippen LogP contribution in [-0.4, -0.2) is 10.9 Å². The van der Waals surface area contributed by atoms with Crippen molar-refractivity contribution in [1.29, 1.82) is 0 Å². The summed E-state index contributed by atoms with van der Waals surface area (Å²) in [5.74, 6) is -0.148. The van der Waals surface area contributed by atoms with E-state index in [2.05, 4.69) is 54.6 Å². The lowest BCUT2D eigenvalue weighted by Gasteiger charge is -2.16. The molecule has 4 nitrogen and oxygen atoms in total. The fourth-order valence-electron chi connectivity index (χ4n) is 2.94. The molecule has 0 aliphatic rings. The number of carbonyl (C=O) groups excluding carboxylic acids is 1. The average molecular weight is 366 g/mol. The Balaban J connectivity index is 1.69. The van der Waals surface area contributed by atoms with Crippen molar-refractivity contribution in [2.75, 3.05) is 5.32 Å². The lowest BCUT2D eigenvalue weighted by molar-refractivity contribution is 0.0931. The Morgan fingerprint density at radius 3 is 2.46 bits per heavy atom. The highest BCUT2D eigenvalue weighted by Crippen LogP contribution is 2.23. The molecule has 1 heterocycles. The van der Waals surface area contributed by atoms with E-state index in [1.165, 1.54) is 22.5 Å². The SMILES string of the molecule is CCC(NC(=O)c1csc(Nc2cc(C)cc(C)c2)n1)c1ccccc1. The van der Waals surface area contributed by atoms with Crippen LogP contribution in [-0.2, 0) is 0 Å². The van der Waals surface area contributed by atoms with Crippen molar-refractivity contribution < 1.29 is 4.79 Å². The molecule has 3 aromatic rings. The molecular formula is C21H23N3OS. The summed E-state index contributed by atoms with van der Waals surface area (Å²) in [6, 6.07) is 16.3. The highest BCUT2D eigenvalue weighted by molar-refractivity contribution is 7.14. The minimum atomic E-state index is -0.148. The Labute approximate surface area is 158 Å². The van der Waals surface area contributed by atoms with Crippen molar-refractivity contribution in [1.82, 2.24) is 10.3 Å². The number of amides is 1. The van der Waals surface area contributed by atoms with Gasteiger partial charge in [0.15, 0.2) is 5.13 Å². The number of nitrogens with zero attached hydrogens (tertiary/aromatic N) is 1. The number of aryl methyl sites for hydroxylation is 2. The second-order valence-electron chi connectivity index (χ2n) is 6.38. The second kappa shape index (κ2) is 8.15. The molecule has 2 aromatic carbocycles. The fraction of sp³-hybridized carbons (Fsp3) is 0.238. The van der Waals surface area contributed by atoms with Gasteiger partial charge in [0, 0.05) is 11.1 Å². The van der Waals surface area contributed by atoms with Crippen LogP contribution in [0.3, 0.4) is 0 Å². The molecule has 1 atom stereocenters. The predicted molar refractivity (Wildman–Crippen MR) is 108 cm³/mol. The van der Waals surface area contributed by atoms with Crippen molar-refractivity contribution in [3.05, 3.63) is 76.3 Å². The summed E-state index contributed by atoms with van der Waals surface area (Å²) in [6.45, 7) is 6.19. The molecule has 0 bridgehead atoms. The van der Waals surface area contributed by atoms with Crippen molar-refractivity contribution in [2.45, 2.75) is 33.2 Å². The zero-order valence-electron chi connectivity index (χ0n) is 15.2. The predicted octanol–water partition coefficient (Wildman–Crippen LogP) is 5.38. The molecule has 0 saturated heterocycles. The molecule has 2 N–H and O–H groups in total. The highest BCUT2D eigenvalue weighted by Gasteiger charge is 2.16. The van der Waals surface area contributed by atoms with Crippen molar-refractivity contribution in [3.8, 4) is 0 Å². The van der Waals surface area contributed by atoms with E-state index in [0.29, 0.717) is 10.8 Å². The first-order valence-corrected chi connectivity index (χ1v) is 9.59. The van der Waals surface area contributed by atoms with Gasteiger partial charge in [-0.05, 0) is 49.1 Å². The molecule has 0 saturated carbocycles. The lowest BCUT2D eigenvalue weighted by atomic mass is 10.0. The van der Waals surface area contributed by atoms with Gasteiger partial charge in [-0.3, -0.25) is 4.79 Å². The number of hydrogen-bond donors (Lipinski definition) is 2. The van der Waals surface area contributed by atoms with E-state index in [9.17, 15) is 4.79 Å². The van der Waals surface area contributed by atoms with Crippen molar-refractivity contribution >= 4 is 28.1 Å². The van der Waals surface area contributed by atoms with Gasteiger partial charge >= 0.3 is 0 Å². The molecule has 0 radical (unpaired) electrons. The molecule has 0 spiro atoms. The normalized spacial score (nSPS) is 11.8. The van der Waals surface area contributed by atoms with Crippen LogP contribution in [0.4, 0.5) is 10.8 Å².